The second-order valence-electron chi connectivity index (χ2n) is 25.2. The Morgan fingerprint density at radius 1 is 0.300 bits per heavy atom. The zero-order valence-corrected chi connectivity index (χ0v) is 64.1. The first-order chi connectivity index (χ1) is 48.7. The van der Waals surface area contributed by atoms with Crippen molar-refractivity contribution in [1.82, 2.24) is 0 Å². The third-order valence-corrected chi connectivity index (χ3v) is 17.5. The molecule has 0 spiro atoms. The average Bonchev–Trinajstić information content (AvgIpc) is 0.945. The summed E-state index contributed by atoms with van der Waals surface area (Å²) in [4.78, 5) is 72.8. The Hall–Kier alpha value is -4.80. The first-order valence-electron chi connectivity index (χ1n) is 38.4. The molecular weight excluding hydrogens is 1310 g/mol. The lowest BCUT2D eigenvalue weighted by atomic mass is 10.1. The third-order valence-electron chi connectivity index (χ3n) is 15.6. The molecule has 3 N–H and O–H groups in total. The predicted molar refractivity (Wildman–Crippen MR) is 408 cm³/mol. The van der Waals surface area contributed by atoms with Crippen LogP contribution < -0.4 is 0 Å². The van der Waals surface area contributed by atoms with Crippen LogP contribution >= 0.6 is 15.6 Å². The fourth-order valence-corrected chi connectivity index (χ4v) is 11.4. The highest BCUT2D eigenvalue weighted by Crippen LogP contribution is 2.45. The Labute approximate surface area is 605 Å². The van der Waals surface area contributed by atoms with E-state index >= 15 is 0 Å². The predicted octanol–water partition coefficient (Wildman–Crippen LogP) is 22.1. The molecule has 0 fully saturated rings. The minimum atomic E-state index is -5.00. The van der Waals surface area contributed by atoms with Gasteiger partial charge in [-0.3, -0.25) is 37.3 Å². The highest BCUT2D eigenvalue weighted by atomic mass is 31.2. The van der Waals surface area contributed by atoms with Gasteiger partial charge < -0.3 is 33.8 Å². The van der Waals surface area contributed by atoms with Crippen LogP contribution in [0.3, 0.4) is 0 Å². The number of carbonyl (C=O) groups excluding carboxylic acids is 4. The van der Waals surface area contributed by atoms with Crippen molar-refractivity contribution in [3.8, 4) is 0 Å². The molecule has 5 unspecified atom stereocenters. The molecule has 19 heteroatoms. The lowest BCUT2D eigenvalue weighted by Crippen LogP contribution is -2.30. The molecule has 0 saturated heterocycles. The number of hydrogen-bond donors (Lipinski definition) is 3. The molecule has 0 amide bonds. The molecule has 0 aromatic carbocycles. The number of aliphatic hydroxyl groups is 1. The van der Waals surface area contributed by atoms with E-state index in [1.165, 1.54) is 51.4 Å². The van der Waals surface area contributed by atoms with Crippen LogP contribution in [0.2, 0.25) is 0 Å². The zero-order valence-electron chi connectivity index (χ0n) is 62.3. The lowest BCUT2D eigenvalue weighted by Gasteiger charge is -2.21. The number of hydrogen-bond acceptors (Lipinski definition) is 15. The number of carbonyl (C=O) groups is 4. The normalized spacial score (nSPS) is 14.7. The van der Waals surface area contributed by atoms with Crippen LogP contribution in [0.25, 0.3) is 0 Å². The Morgan fingerprint density at radius 3 is 0.930 bits per heavy atom. The van der Waals surface area contributed by atoms with Gasteiger partial charge in [0, 0.05) is 19.3 Å². The first kappa shape index (κ1) is 95.2. The number of rotatable bonds is 71. The fourth-order valence-electron chi connectivity index (χ4n) is 9.79. The van der Waals surface area contributed by atoms with Crippen LogP contribution in [-0.2, 0) is 65.4 Å². The molecule has 5 atom stereocenters. The van der Waals surface area contributed by atoms with Gasteiger partial charge in [0.15, 0.2) is 12.2 Å². The SMILES string of the molecule is CC/C=C\C/C=C\C/C=C\C/C=C\C/C=C\CC(=O)OCC(COP(=O)(O)OCC(O)COP(=O)(O)OCC(COC(=O)CCCCCCCC/C=C\C/C=C\C/C=C\C/C=C\CC)OC(=O)CCCCCCC/C=C\CCCCCCCC)OC(=O)CCCCCCC/C=C\CCCC. The topological polar surface area (TPSA) is 237 Å². The van der Waals surface area contributed by atoms with Gasteiger partial charge in [-0.05, 0) is 135 Å². The average molecular weight is 1440 g/mol. The van der Waals surface area contributed by atoms with Crippen molar-refractivity contribution in [3.63, 3.8) is 0 Å². The molecule has 0 aliphatic rings. The molecule has 0 aliphatic heterocycles. The molecule has 0 radical (unpaired) electrons. The number of aliphatic hydroxyl groups excluding tert-OH is 1. The van der Waals surface area contributed by atoms with E-state index in [0.29, 0.717) is 25.7 Å². The van der Waals surface area contributed by atoms with Gasteiger partial charge in [-0.25, -0.2) is 9.13 Å². The standard InChI is InChI=1S/C81H136O17P2/c1-5-9-13-17-21-25-29-32-35-36-37-38-41-43-47-50-54-58-62-66-79(84)92-72-77(98-81(86)68-64-60-56-52-48-44-40-34-31-27-23-19-15-11-7-3)74-96-100(89,90)94-70-75(82)69-93-99(87,88)95-73-76(97-80(85)67-63-59-55-51-45-28-24-20-16-12-8-4)71-91-78(83)65-61-57-53-49-46-42-39-33-30-26-22-18-14-10-6-2/h9-10,13-14,20-22,24-26,32-35,37-40,46,49,57,61,75-77,82H,5-8,11-12,15-19,23,27-31,36,41-45,47-48,50-56,58-60,62-74H2,1-4H3,(H,87,88)(H,89,90)/b13-9-,14-10-,24-20-,25-21-,26-22-,35-32-,38-37-,39-33-,40-34-,49-46-,61-57-. The number of esters is 4. The van der Waals surface area contributed by atoms with Crippen LogP contribution in [0, 0.1) is 0 Å². The van der Waals surface area contributed by atoms with Crippen LogP contribution in [0.4, 0.5) is 0 Å². The van der Waals surface area contributed by atoms with Crippen molar-refractivity contribution >= 4 is 39.5 Å². The van der Waals surface area contributed by atoms with Crippen LogP contribution in [0.1, 0.15) is 297 Å². The van der Waals surface area contributed by atoms with E-state index < -0.39 is 97.5 Å². The summed E-state index contributed by atoms with van der Waals surface area (Å²) in [6.07, 6.45) is 80.5. The van der Waals surface area contributed by atoms with E-state index in [1.54, 1.807) is 6.08 Å². The quantitative estimate of drug-likeness (QED) is 0.0169. The van der Waals surface area contributed by atoms with Gasteiger partial charge in [-0.15, -0.1) is 0 Å². The summed E-state index contributed by atoms with van der Waals surface area (Å²) in [7, 11) is -9.99. The minimum Gasteiger partial charge on any atom is -0.462 e. The van der Waals surface area contributed by atoms with E-state index in [-0.39, 0.29) is 25.7 Å². The largest absolute Gasteiger partial charge is 0.472 e. The Balaban J connectivity index is 5.40. The van der Waals surface area contributed by atoms with Gasteiger partial charge in [-0.1, -0.05) is 271 Å². The second kappa shape index (κ2) is 72.5. The van der Waals surface area contributed by atoms with Crippen molar-refractivity contribution in [1.29, 1.82) is 0 Å². The molecule has 0 aromatic heterocycles. The van der Waals surface area contributed by atoms with Gasteiger partial charge in [-0.2, -0.15) is 0 Å². The molecule has 0 bridgehead atoms. The minimum absolute atomic E-state index is 0.0621. The van der Waals surface area contributed by atoms with Crippen molar-refractivity contribution in [2.75, 3.05) is 39.6 Å². The van der Waals surface area contributed by atoms with Crippen molar-refractivity contribution in [2.45, 2.75) is 316 Å². The zero-order chi connectivity index (χ0) is 73.2. The van der Waals surface area contributed by atoms with E-state index in [0.717, 1.165) is 167 Å². The maximum absolute atomic E-state index is 13.1. The van der Waals surface area contributed by atoms with Gasteiger partial charge in [0.05, 0.1) is 32.8 Å². The first-order valence-corrected chi connectivity index (χ1v) is 41.4. The number of phosphoric ester groups is 2. The Kier molecular flexibility index (Phi) is 69.1. The van der Waals surface area contributed by atoms with E-state index in [1.807, 2.05) is 18.2 Å². The molecule has 0 heterocycles. The van der Waals surface area contributed by atoms with E-state index in [2.05, 4.69) is 137 Å². The van der Waals surface area contributed by atoms with E-state index in [9.17, 15) is 43.2 Å². The van der Waals surface area contributed by atoms with Crippen molar-refractivity contribution in [2.24, 2.45) is 0 Å². The van der Waals surface area contributed by atoms with Crippen molar-refractivity contribution in [3.05, 3.63) is 134 Å². The maximum atomic E-state index is 13.1. The molecule has 0 rings (SSSR count). The third kappa shape index (κ3) is 71.6. The van der Waals surface area contributed by atoms with Crippen LogP contribution in [0.5, 0.6) is 0 Å². The molecule has 0 aliphatic carbocycles. The Morgan fingerprint density at radius 2 is 0.570 bits per heavy atom. The smallest absolute Gasteiger partial charge is 0.462 e. The van der Waals surface area contributed by atoms with Gasteiger partial charge in [0.25, 0.3) is 0 Å². The summed E-state index contributed by atoms with van der Waals surface area (Å²) < 4.78 is 68.3. The van der Waals surface area contributed by atoms with Gasteiger partial charge in [0.2, 0.25) is 0 Å². The number of phosphoric acid groups is 2. The van der Waals surface area contributed by atoms with Crippen molar-refractivity contribution < 1.29 is 80.2 Å². The molecule has 0 saturated carbocycles. The van der Waals surface area contributed by atoms with Crippen LogP contribution in [0.15, 0.2) is 134 Å². The number of unbranched alkanes of at least 4 members (excludes halogenated alkanes) is 24. The summed E-state index contributed by atoms with van der Waals surface area (Å²) in [5.41, 5.74) is 0. The van der Waals surface area contributed by atoms with Gasteiger partial charge in [0.1, 0.15) is 19.3 Å². The summed E-state index contributed by atoms with van der Waals surface area (Å²) >= 11 is 0. The Bertz CT molecular complexity index is 2420. The monoisotopic (exact) mass is 1440 g/mol. The van der Waals surface area contributed by atoms with Gasteiger partial charge >= 0.3 is 39.5 Å². The molecule has 0 aromatic rings. The molecule has 572 valence electrons. The highest BCUT2D eigenvalue weighted by molar-refractivity contribution is 7.47. The summed E-state index contributed by atoms with van der Waals surface area (Å²) in [5.74, 6) is -2.36. The lowest BCUT2D eigenvalue weighted by molar-refractivity contribution is -0.161. The number of allylic oxidation sites excluding steroid dienone is 21. The number of ether oxygens (including phenoxy) is 4. The van der Waals surface area contributed by atoms with Crippen LogP contribution in [-0.4, -0.2) is 96.7 Å². The summed E-state index contributed by atoms with van der Waals surface area (Å²) in [6.45, 7) is 4.45. The highest BCUT2D eigenvalue weighted by Gasteiger charge is 2.30. The second-order valence-corrected chi connectivity index (χ2v) is 28.1. The molecular formula is C81H136O17P2. The fraction of sp³-hybridized carbons (Fsp3) is 0.679. The van der Waals surface area contributed by atoms with E-state index in [4.69, 9.17) is 37.0 Å². The molecule has 100 heavy (non-hydrogen) atoms. The molecule has 17 nitrogen and oxygen atoms in total. The summed E-state index contributed by atoms with van der Waals surface area (Å²) in [6, 6.07) is 0. The summed E-state index contributed by atoms with van der Waals surface area (Å²) in [5, 5.41) is 10.6. The maximum Gasteiger partial charge on any atom is 0.472 e.